The number of benzene rings is 11. The fraction of sp³-hybridized carbons (Fsp3) is 0. The SMILES string of the molecule is c1ccc(-c2cc(-c3ccc(N(c4ccccc4)c4ccc5c6ccccc6n(-c6ccccc6)c5c4)cc3)c(-c3ccccc3)cc2-c2ccc(N(c3ccccc3)c3ccccc3)cc2)cc1. The van der Waals surface area contributed by atoms with Gasteiger partial charge in [0.1, 0.15) is 0 Å². The van der Waals surface area contributed by atoms with Crippen LogP contribution in [0.2, 0.25) is 0 Å². The van der Waals surface area contributed by atoms with Crippen molar-refractivity contribution in [3.05, 3.63) is 285 Å². The number of para-hydroxylation sites is 5. The number of anilines is 6. The highest BCUT2D eigenvalue weighted by molar-refractivity contribution is 6.10. The maximum Gasteiger partial charge on any atom is 0.0561 e. The molecule has 1 aromatic heterocycles. The molecule has 0 spiro atoms. The Morgan fingerprint density at radius 3 is 0.986 bits per heavy atom. The Bertz CT molecular complexity index is 3630. The average Bonchev–Trinajstić information content (AvgIpc) is 3.76. The van der Waals surface area contributed by atoms with Gasteiger partial charge in [0.15, 0.2) is 0 Å². The van der Waals surface area contributed by atoms with Crippen LogP contribution in [0.25, 0.3) is 72.0 Å². The zero-order valence-electron chi connectivity index (χ0n) is 38.0. The first-order valence-electron chi connectivity index (χ1n) is 23.6. The monoisotopic (exact) mass is 881 g/mol. The van der Waals surface area contributed by atoms with Crippen molar-refractivity contribution >= 4 is 55.9 Å². The van der Waals surface area contributed by atoms with Crippen molar-refractivity contribution in [3.63, 3.8) is 0 Å². The summed E-state index contributed by atoms with van der Waals surface area (Å²) < 4.78 is 2.39. The first-order chi connectivity index (χ1) is 34.2. The molecule has 12 rings (SSSR count). The summed E-state index contributed by atoms with van der Waals surface area (Å²) in [5.74, 6) is 0. The van der Waals surface area contributed by atoms with Crippen molar-refractivity contribution < 1.29 is 0 Å². The second-order valence-corrected chi connectivity index (χ2v) is 17.3. The van der Waals surface area contributed by atoms with E-state index in [-0.39, 0.29) is 0 Å². The molecule has 3 nitrogen and oxygen atoms in total. The summed E-state index contributed by atoms with van der Waals surface area (Å²) >= 11 is 0. The summed E-state index contributed by atoms with van der Waals surface area (Å²) in [5, 5.41) is 2.47. The molecule has 1 heterocycles. The molecule has 0 radical (unpaired) electrons. The molecule has 69 heavy (non-hydrogen) atoms. The minimum absolute atomic E-state index is 1.08. The number of hydrogen-bond acceptors (Lipinski definition) is 2. The lowest BCUT2D eigenvalue weighted by molar-refractivity contribution is 1.18. The Kier molecular flexibility index (Phi) is 10.9. The minimum Gasteiger partial charge on any atom is -0.311 e. The Hall–Kier alpha value is -9.18. The van der Waals surface area contributed by atoms with E-state index in [1.165, 1.54) is 49.7 Å². The number of aromatic nitrogens is 1. The van der Waals surface area contributed by atoms with E-state index >= 15 is 0 Å². The molecular formula is C66H47N3. The van der Waals surface area contributed by atoms with E-state index in [1.54, 1.807) is 0 Å². The molecule has 11 aromatic carbocycles. The van der Waals surface area contributed by atoms with Gasteiger partial charge in [0.05, 0.1) is 11.0 Å². The highest BCUT2D eigenvalue weighted by atomic mass is 15.1. The molecule has 0 amide bonds. The molecule has 0 atom stereocenters. The van der Waals surface area contributed by atoms with E-state index < -0.39 is 0 Å². The van der Waals surface area contributed by atoms with Gasteiger partial charge in [-0.15, -0.1) is 0 Å². The van der Waals surface area contributed by atoms with Crippen molar-refractivity contribution in [2.45, 2.75) is 0 Å². The molecular weight excluding hydrogens is 835 g/mol. The normalized spacial score (nSPS) is 11.2. The van der Waals surface area contributed by atoms with E-state index in [4.69, 9.17) is 0 Å². The quantitative estimate of drug-likeness (QED) is 0.128. The van der Waals surface area contributed by atoms with Crippen LogP contribution in [0, 0.1) is 0 Å². The third-order valence-electron chi connectivity index (χ3n) is 13.2. The predicted molar refractivity (Wildman–Crippen MR) is 292 cm³/mol. The van der Waals surface area contributed by atoms with Crippen LogP contribution in [0.15, 0.2) is 285 Å². The van der Waals surface area contributed by atoms with Crippen LogP contribution < -0.4 is 9.80 Å². The zero-order chi connectivity index (χ0) is 45.9. The fourth-order valence-corrected chi connectivity index (χ4v) is 9.95. The van der Waals surface area contributed by atoms with Gasteiger partial charge in [-0.05, 0) is 148 Å². The van der Waals surface area contributed by atoms with E-state index in [0.717, 1.165) is 56.5 Å². The standard InChI is InChI=1S/C66H47N3/c1-7-21-48(22-8-1)61-47-64(62(49-23-9-2-10-24-49)46-63(61)50-35-39-56(40-36-50)67(52-25-11-3-12-26-52)53-27-13-4-14-28-53)51-37-41-57(42-38-51)68(54-29-15-5-16-30-54)58-43-44-60-59-33-19-20-34-65(59)69(66(60)45-58)55-31-17-6-18-32-55/h1-47H. The summed E-state index contributed by atoms with van der Waals surface area (Å²) in [4.78, 5) is 4.68. The zero-order valence-corrected chi connectivity index (χ0v) is 38.0. The van der Waals surface area contributed by atoms with E-state index in [9.17, 15) is 0 Å². The van der Waals surface area contributed by atoms with Crippen LogP contribution in [0.5, 0.6) is 0 Å². The van der Waals surface area contributed by atoms with E-state index in [2.05, 4.69) is 299 Å². The van der Waals surface area contributed by atoms with Gasteiger partial charge < -0.3 is 14.4 Å². The van der Waals surface area contributed by atoms with Crippen LogP contribution >= 0.6 is 0 Å². The Labute approximate surface area is 403 Å². The van der Waals surface area contributed by atoms with Crippen molar-refractivity contribution in [2.24, 2.45) is 0 Å². The van der Waals surface area contributed by atoms with E-state index in [0.29, 0.717) is 0 Å². The van der Waals surface area contributed by atoms with E-state index in [1.807, 2.05) is 0 Å². The fourth-order valence-electron chi connectivity index (χ4n) is 9.95. The summed E-state index contributed by atoms with van der Waals surface area (Å²) in [6.07, 6.45) is 0. The summed E-state index contributed by atoms with van der Waals surface area (Å²) in [6, 6.07) is 103. The second-order valence-electron chi connectivity index (χ2n) is 17.3. The number of hydrogen-bond donors (Lipinski definition) is 0. The average molecular weight is 882 g/mol. The van der Waals surface area contributed by atoms with Crippen LogP contribution in [0.1, 0.15) is 0 Å². The highest BCUT2D eigenvalue weighted by Gasteiger charge is 2.21. The lowest BCUT2D eigenvalue weighted by Gasteiger charge is -2.26. The molecule has 0 fully saturated rings. The lowest BCUT2D eigenvalue weighted by atomic mass is 9.85. The van der Waals surface area contributed by atoms with Gasteiger partial charge >= 0.3 is 0 Å². The minimum atomic E-state index is 1.08. The Morgan fingerprint density at radius 1 is 0.217 bits per heavy atom. The predicted octanol–water partition coefficient (Wildman–Crippen LogP) is 18.4. The maximum absolute atomic E-state index is 2.40. The first kappa shape index (κ1) is 41.3. The molecule has 0 aliphatic carbocycles. The maximum atomic E-state index is 2.40. The first-order valence-corrected chi connectivity index (χ1v) is 23.6. The molecule has 3 heteroatoms. The third kappa shape index (κ3) is 7.92. The topological polar surface area (TPSA) is 11.4 Å². The van der Waals surface area contributed by atoms with Gasteiger partial charge in [-0.3, -0.25) is 0 Å². The van der Waals surface area contributed by atoms with Crippen LogP contribution in [0.4, 0.5) is 34.1 Å². The van der Waals surface area contributed by atoms with Gasteiger partial charge in [0.2, 0.25) is 0 Å². The molecule has 0 bridgehead atoms. The molecule has 0 saturated carbocycles. The molecule has 0 aliphatic heterocycles. The van der Waals surface area contributed by atoms with Crippen molar-refractivity contribution in [3.8, 4) is 50.2 Å². The molecule has 0 unspecified atom stereocenters. The second kappa shape index (κ2) is 18.2. The molecule has 0 saturated heterocycles. The van der Waals surface area contributed by atoms with Crippen molar-refractivity contribution in [1.82, 2.24) is 4.57 Å². The molecule has 0 aliphatic rings. The van der Waals surface area contributed by atoms with Gasteiger partial charge in [-0.25, -0.2) is 0 Å². The molecule has 0 N–H and O–H groups in total. The number of nitrogens with zero attached hydrogens (tertiary/aromatic N) is 3. The third-order valence-corrected chi connectivity index (χ3v) is 13.2. The van der Waals surface area contributed by atoms with Crippen molar-refractivity contribution in [2.75, 3.05) is 9.80 Å². The van der Waals surface area contributed by atoms with Crippen LogP contribution in [0.3, 0.4) is 0 Å². The van der Waals surface area contributed by atoms with Crippen molar-refractivity contribution in [1.29, 1.82) is 0 Å². The summed E-state index contributed by atoms with van der Waals surface area (Å²) in [5.41, 5.74) is 19.4. The smallest absolute Gasteiger partial charge is 0.0561 e. The van der Waals surface area contributed by atoms with Gasteiger partial charge in [0.25, 0.3) is 0 Å². The Morgan fingerprint density at radius 2 is 0.536 bits per heavy atom. The number of fused-ring (bicyclic) bond motifs is 3. The number of rotatable bonds is 11. The van der Waals surface area contributed by atoms with Gasteiger partial charge in [-0.1, -0.05) is 182 Å². The van der Waals surface area contributed by atoms with Crippen LogP contribution in [-0.2, 0) is 0 Å². The Balaban J connectivity index is 0.985. The summed E-state index contributed by atoms with van der Waals surface area (Å²) in [6.45, 7) is 0. The largest absolute Gasteiger partial charge is 0.311 e. The van der Waals surface area contributed by atoms with Crippen LogP contribution in [-0.4, -0.2) is 4.57 Å². The van der Waals surface area contributed by atoms with Gasteiger partial charge in [-0.2, -0.15) is 0 Å². The van der Waals surface area contributed by atoms with Gasteiger partial charge in [0, 0.05) is 50.6 Å². The highest BCUT2D eigenvalue weighted by Crippen LogP contribution is 2.45. The lowest BCUT2D eigenvalue weighted by Crippen LogP contribution is -2.10. The molecule has 12 aromatic rings. The molecule has 326 valence electrons. The summed E-state index contributed by atoms with van der Waals surface area (Å²) in [7, 11) is 0.